The molecule has 0 unspecified atom stereocenters. The van der Waals surface area contributed by atoms with E-state index in [1.54, 1.807) is 24.3 Å². The molecule has 0 aliphatic carbocycles. The van der Waals surface area contributed by atoms with E-state index >= 15 is 0 Å². The summed E-state index contributed by atoms with van der Waals surface area (Å²) in [5, 5.41) is 11.0. The summed E-state index contributed by atoms with van der Waals surface area (Å²) < 4.78 is 0.692. The zero-order valence-corrected chi connectivity index (χ0v) is 6.41. The second kappa shape index (κ2) is 2.22. The zero-order valence-electron chi connectivity index (χ0n) is 5.52. The van der Waals surface area contributed by atoms with Crippen LogP contribution in [0.5, 0.6) is 0 Å². The molecule has 0 radical (unpaired) electrons. The minimum absolute atomic E-state index is 0.115. The van der Waals surface area contributed by atoms with Gasteiger partial charge in [-0.05, 0) is 6.07 Å². The highest BCUT2D eigenvalue weighted by molar-refractivity contribution is 7.48. The summed E-state index contributed by atoms with van der Waals surface area (Å²) in [5.74, 6) is 0. The van der Waals surface area contributed by atoms with Gasteiger partial charge in [0.05, 0.1) is 0 Å². The lowest BCUT2D eigenvalue weighted by Crippen LogP contribution is -1.86. The van der Waals surface area contributed by atoms with Gasteiger partial charge in [-0.25, -0.2) is 0 Å². The van der Waals surface area contributed by atoms with E-state index in [4.69, 9.17) is 0 Å². The number of nitrogens with zero attached hydrogens (tertiary/aromatic N) is 1. The van der Waals surface area contributed by atoms with Gasteiger partial charge in [-0.15, -0.1) is 0 Å². The predicted molar refractivity (Wildman–Crippen MR) is 41.0 cm³/mol. The molecule has 3 nitrogen and oxygen atoms in total. The molecule has 0 atom stereocenters. The van der Waals surface area contributed by atoms with E-state index in [-0.39, 0.29) is 13.9 Å². The largest absolute Gasteiger partial charge is 0.546 e. The molecule has 0 amide bonds. The molecule has 11 heavy (non-hydrogen) atoms. The second-order valence-electron chi connectivity index (χ2n) is 2.20. The lowest BCUT2D eigenvalue weighted by atomic mass is 10.2. The Morgan fingerprint density at radius 2 is 2.09 bits per heavy atom. The lowest BCUT2D eigenvalue weighted by molar-refractivity contribution is -0.328. The molecule has 1 heterocycles. The number of hydrogen-bond acceptors (Lipinski definition) is 2. The van der Waals surface area contributed by atoms with Gasteiger partial charge in [0.1, 0.15) is 5.56 Å². The Hall–Kier alpha value is -1.05. The molecule has 1 aliphatic rings. The first-order chi connectivity index (χ1) is 5.29. The maximum Gasteiger partial charge on any atom is 0.301 e. The molecule has 0 saturated heterocycles. The van der Waals surface area contributed by atoms with Crippen LogP contribution in [0.1, 0.15) is 10.4 Å². The fourth-order valence-corrected chi connectivity index (χ4v) is 1.76. The number of rotatable bonds is 0. The third-order valence-electron chi connectivity index (χ3n) is 1.52. The van der Waals surface area contributed by atoms with Crippen molar-refractivity contribution in [2.24, 2.45) is 0 Å². The van der Waals surface area contributed by atoms with Gasteiger partial charge >= 0.3 is 8.37 Å². The first kappa shape index (κ1) is 6.65. The second-order valence-corrected chi connectivity index (χ2v) is 3.16. The monoisotopic (exact) mass is 165 g/mol. The topological polar surface area (TPSA) is 43.1 Å². The summed E-state index contributed by atoms with van der Waals surface area (Å²) in [6, 6.07) is 6.83. The fourth-order valence-electron chi connectivity index (χ4n) is 1.01. The average molecular weight is 165 g/mol. The maximum atomic E-state index is 11.0. The minimum Gasteiger partial charge on any atom is -0.546 e. The quantitative estimate of drug-likeness (QED) is 0.436. The SMILES string of the molecule is O=C1P=[N+]([O-])c2ccccc21. The standard InChI is InChI=1S/C7H4NO2P/c9-7-5-3-1-2-4-6(5)8(10)11-7/h1-4H. The minimum atomic E-state index is -0.115. The van der Waals surface area contributed by atoms with Gasteiger partial charge < -0.3 is 5.21 Å². The summed E-state index contributed by atoms with van der Waals surface area (Å²) in [6.07, 6.45) is 0. The van der Waals surface area contributed by atoms with Gasteiger partial charge in [0.15, 0.2) is 0 Å². The average Bonchev–Trinajstić information content (AvgIpc) is 2.30. The number of hydrogen-bond donors (Lipinski definition) is 0. The molecule has 2 rings (SSSR count). The molecular weight excluding hydrogens is 161 g/mol. The van der Waals surface area contributed by atoms with Gasteiger partial charge in [0, 0.05) is 6.07 Å². The summed E-state index contributed by atoms with van der Waals surface area (Å²) in [4.78, 5) is 11.0. The molecule has 4 heteroatoms. The molecule has 1 aromatic rings. The van der Waals surface area contributed by atoms with Crippen molar-refractivity contribution in [3.05, 3.63) is 35.0 Å². The summed E-state index contributed by atoms with van der Waals surface area (Å²) in [6.45, 7) is 0. The van der Waals surface area contributed by atoms with Crippen LogP contribution in [0.3, 0.4) is 0 Å². The van der Waals surface area contributed by atoms with Crippen molar-refractivity contribution in [2.75, 3.05) is 0 Å². The Kier molecular flexibility index (Phi) is 1.34. The number of benzene rings is 1. The van der Waals surface area contributed by atoms with E-state index in [0.29, 0.717) is 15.7 Å². The Balaban J connectivity index is 2.71. The van der Waals surface area contributed by atoms with Gasteiger partial charge in [0.2, 0.25) is 5.69 Å². The van der Waals surface area contributed by atoms with Crippen LogP contribution >= 0.6 is 8.37 Å². The van der Waals surface area contributed by atoms with Crippen LogP contribution in [-0.4, -0.2) is 10.0 Å². The fraction of sp³-hybridized carbons (Fsp3) is 0. The summed E-state index contributed by atoms with van der Waals surface area (Å²) >= 11 is 0. The number of carbonyl (C=O) groups is 1. The van der Waals surface area contributed by atoms with E-state index in [1.807, 2.05) is 0 Å². The molecule has 0 aromatic heterocycles. The van der Waals surface area contributed by atoms with Gasteiger partial charge in [-0.2, -0.15) is 4.49 Å². The van der Waals surface area contributed by atoms with Crippen LogP contribution in [0, 0.1) is 5.21 Å². The Morgan fingerprint density at radius 3 is 2.82 bits per heavy atom. The lowest BCUT2D eigenvalue weighted by Gasteiger charge is -1.95. The Labute approximate surface area is 64.7 Å². The summed E-state index contributed by atoms with van der Waals surface area (Å²) in [7, 11) is 0.210. The van der Waals surface area contributed by atoms with Crippen LogP contribution in [0.2, 0.25) is 0 Å². The van der Waals surface area contributed by atoms with Crippen molar-refractivity contribution in [2.45, 2.75) is 0 Å². The van der Waals surface area contributed by atoms with Crippen molar-refractivity contribution < 1.29 is 9.29 Å². The number of para-hydroxylation sites is 1. The van der Waals surface area contributed by atoms with Crippen molar-refractivity contribution in [3.63, 3.8) is 0 Å². The van der Waals surface area contributed by atoms with Gasteiger partial charge in [-0.1, -0.05) is 12.1 Å². The van der Waals surface area contributed by atoms with E-state index in [0.717, 1.165) is 0 Å². The highest BCUT2D eigenvalue weighted by atomic mass is 31.1. The predicted octanol–water partition coefficient (Wildman–Crippen LogP) is 2.11. The van der Waals surface area contributed by atoms with Gasteiger partial charge in [-0.3, -0.25) is 4.79 Å². The van der Waals surface area contributed by atoms with E-state index in [2.05, 4.69) is 0 Å². The molecule has 0 bridgehead atoms. The molecule has 1 aromatic carbocycles. The Morgan fingerprint density at radius 1 is 1.36 bits per heavy atom. The highest BCUT2D eigenvalue weighted by Gasteiger charge is 2.25. The molecule has 54 valence electrons. The van der Waals surface area contributed by atoms with E-state index in [9.17, 15) is 10.0 Å². The van der Waals surface area contributed by atoms with E-state index < -0.39 is 0 Å². The molecule has 0 spiro atoms. The molecule has 0 N–H and O–H groups in total. The van der Waals surface area contributed by atoms with Crippen LogP contribution in [0.4, 0.5) is 5.69 Å². The van der Waals surface area contributed by atoms with Crippen LogP contribution in [-0.2, 0) is 0 Å². The normalized spacial score (nSPS) is 16.1. The molecule has 0 fully saturated rings. The van der Waals surface area contributed by atoms with E-state index in [1.165, 1.54) is 0 Å². The third kappa shape index (κ3) is 0.897. The van der Waals surface area contributed by atoms with Crippen molar-refractivity contribution >= 4 is 19.6 Å². The Bertz CT molecular complexity index is 359. The van der Waals surface area contributed by atoms with Crippen LogP contribution in [0.25, 0.3) is 0 Å². The van der Waals surface area contributed by atoms with Gasteiger partial charge in [0.25, 0.3) is 5.52 Å². The van der Waals surface area contributed by atoms with Crippen molar-refractivity contribution in [3.8, 4) is 0 Å². The summed E-state index contributed by atoms with van der Waals surface area (Å²) in [5.41, 5.74) is 0.902. The number of carbonyl (C=O) groups excluding carboxylic acids is 1. The molecule has 0 saturated carbocycles. The van der Waals surface area contributed by atoms with Crippen LogP contribution < -0.4 is 0 Å². The zero-order chi connectivity index (χ0) is 7.84. The number of fused-ring (bicyclic) bond motifs is 1. The highest BCUT2D eigenvalue weighted by Crippen LogP contribution is 2.32. The molecule has 1 aliphatic heterocycles. The maximum absolute atomic E-state index is 11.0. The molecular formula is C7H4NO2P. The third-order valence-corrected chi connectivity index (χ3v) is 2.34. The van der Waals surface area contributed by atoms with Crippen molar-refractivity contribution in [1.29, 1.82) is 0 Å². The van der Waals surface area contributed by atoms with Crippen molar-refractivity contribution in [1.82, 2.24) is 0 Å². The first-order valence-electron chi connectivity index (χ1n) is 3.11. The first-order valence-corrected chi connectivity index (χ1v) is 3.96. The van der Waals surface area contributed by atoms with Crippen LogP contribution in [0.15, 0.2) is 24.3 Å². The smallest absolute Gasteiger partial charge is 0.301 e.